The van der Waals surface area contributed by atoms with E-state index in [1.165, 1.54) is 42.6 Å². The summed E-state index contributed by atoms with van der Waals surface area (Å²) in [7, 11) is -2.48. The second-order valence-electron chi connectivity index (χ2n) is 10.2. The van der Waals surface area contributed by atoms with Gasteiger partial charge in [-0.05, 0) is 37.0 Å². The number of likely N-dealkylation sites (tertiary alicyclic amines) is 1. The molecule has 0 radical (unpaired) electrons. The zero-order valence-electron chi connectivity index (χ0n) is 22.3. The van der Waals surface area contributed by atoms with Gasteiger partial charge in [-0.1, -0.05) is 26.0 Å². The van der Waals surface area contributed by atoms with Gasteiger partial charge in [-0.25, -0.2) is 13.2 Å². The Bertz CT molecular complexity index is 1540. The molecule has 212 valence electrons. The van der Waals surface area contributed by atoms with Crippen molar-refractivity contribution in [1.82, 2.24) is 19.5 Å². The van der Waals surface area contributed by atoms with Crippen molar-refractivity contribution in [2.24, 2.45) is 5.92 Å². The minimum Gasteiger partial charge on any atom is -0.493 e. The minimum absolute atomic E-state index is 0.0152. The first kappa shape index (κ1) is 27.6. The van der Waals surface area contributed by atoms with Gasteiger partial charge in [-0.15, -0.1) is 0 Å². The number of Topliss-reactive ketones (excluding diaryl/α,β-unsaturated/α-hetero) is 1. The summed E-state index contributed by atoms with van der Waals surface area (Å²) in [5.41, 5.74) is 0.413. The molecule has 40 heavy (non-hydrogen) atoms. The van der Waals surface area contributed by atoms with Crippen molar-refractivity contribution in [2.75, 3.05) is 20.2 Å². The van der Waals surface area contributed by atoms with Gasteiger partial charge in [0.25, 0.3) is 5.95 Å². The molecule has 2 aromatic heterocycles. The maximum absolute atomic E-state index is 13.7. The molecule has 2 fully saturated rings. The van der Waals surface area contributed by atoms with Gasteiger partial charge in [0.05, 0.1) is 19.7 Å². The van der Waals surface area contributed by atoms with E-state index in [0.29, 0.717) is 23.1 Å². The van der Waals surface area contributed by atoms with Crippen LogP contribution in [0.5, 0.6) is 11.7 Å². The van der Waals surface area contributed by atoms with Gasteiger partial charge >= 0.3 is 6.09 Å². The first-order valence-electron chi connectivity index (χ1n) is 12.9. The number of aromatic nitrogens is 1. The van der Waals surface area contributed by atoms with Crippen LogP contribution < -0.4 is 14.8 Å². The number of hydrogen-bond donors (Lipinski definition) is 1. The number of furan rings is 1. The molecule has 1 N–H and O–H groups in total. The summed E-state index contributed by atoms with van der Waals surface area (Å²) < 4.78 is 43.9. The monoisotopic (exact) mass is 570 g/mol. The number of ketones is 1. The Balaban J connectivity index is 1.31. The van der Waals surface area contributed by atoms with Crippen LogP contribution in [0.15, 0.2) is 58.1 Å². The normalized spacial score (nSPS) is 20.1. The van der Waals surface area contributed by atoms with Crippen LogP contribution in [0.25, 0.3) is 11.0 Å². The van der Waals surface area contributed by atoms with E-state index in [2.05, 4.69) is 10.3 Å². The number of sulfonamides is 1. The average Bonchev–Trinajstić information content (AvgIpc) is 3.62. The number of pyridine rings is 1. The van der Waals surface area contributed by atoms with Crippen LogP contribution >= 0.6 is 0 Å². The van der Waals surface area contributed by atoms with E-state index in [-0.39, 0.29) is 42.1 Å². The van der Waals surface area contributed by atoms with Crippen molar-refractivity contribution in [3.8, 4) is 11.7 Å². The molecule has 4 heterocycles. The van der Waals surface area contributed by atoms with E-state index in [0.717, 1.165) is 4.31 Å². The van der Waals surface area contributed by atoms with Crippen molar-refractivity contribution in [3.63, 3.8) is 0 Å². The number of amides is 2. The molecule has 2 aliphatic rings. The number of ether oxygens (including phenoxy) is 2. The zero-order valence-corrected chi connectivity index (χ0v) is 23.1. The summed E-state index contributed by atoms with van der Waals surface area (Å²) in [6, 6.07) is 7.10. The van der Waals surface area contributed by atoms with E-state index in [1.807, 2.05) is 13.8 Å². The van der Waals surface area contributed by atoms with Crippen LogP contribution in [0.4, 0.5) is 4.79 Å². The van der Waals surface area contributed by atoms with Crippen molar-refractivity contribution in [2.45, 2.75) is 49.7 Å². The van der Waals surface area contributed by atoms with Gasteiger partial charge in [0.2, 0.25) is 15.9 Å². The summed E-state index contributed by atoms with van der Waals surface area (Å²) in [4.78, 5) is 44.8. The molecular weight excluding hydrogens is 540 g/mol. The highest BCUT2D eigenvalue weighted by molar-refractivity contribution is 7.89. The van der Waals surface area contributed by atoms with Gasteiger partial charge in [0.1, 0.15) is 17.0 Å². The Morgan fingerprint density at radius 3 is 2.73 bits per heavy atom. The number of nitrogens with one attached hydrogen (secondary N) is 1. The molecule has 2 aliphatic heterocycles. The molecule has 0 bridgehead atoms. The first-order valence-corrected chi connectivity index (χ1v) is 14.3. The molecule has 0 aliphatic carbocycles. The quantitative estimate of drug-likeness (QED) is 0.431. The van der Waals surface area contributed by atoms with Gasteiger partial charge in [0.15, 0.2) is 17.1 Å². The zero-order chi connectivity index (χ0) is 28.6. The number of para-hydroxylation sites is 1. The Morgan fingerprint density at radius 1 is 1.23 bits per heavy atom. The third-order valence-corrected chi connectivity index (χ3v) is 8.95. The molecule has 1 aromatic carbocycles. The Morgan fingerprint density at radius 2 is 2.02 bits per heavy atom. The number of hydrogen-bond acceptors (Lipinski definition) is 9. The third kappa shape index (κ3) is 5.13. The molecule has 0 spiro atoms. The van der Waals surface area contributed by atoms with Gasteiger partial charge in [-0.3, -0.25) is 14.6 Å². The third-order valence-electron chi connectivity index (χ3n) is 7.10. The maximum Gasteiger partial charge on any atom is 0.415 e. The van der Waals surface area contributed by atoms with Crippen LogP contribution in [0.2, 0.25) is 0 Å². The molecular formula is C27H30N4O8S. The number of fused-ring (bicyclic) bond motifs is 2. The van der Waals surface area contributed by atoms with Crippen molar-refractivity contribution >= 4 is 38.8 Å². The molecule has 2 saturated heterocycles. The predicted molar refractivity (Wildman–Crippen MR) is 142 cm³/mol. The number of methoxy groups -OCH3 is 1. The lowest BCUT2D eigenvalue weighted by Crippen LogP contribution is -2.53. The maximum atomic E-state index is 13.7. The fourth-order valence-corrected chi connectivity index (χ4v) is 6.95. The molecule has 2 amide bonds. The van der Waals surface area contributed by atoms with E-state index in [9.17, 15) is 22.8 Å². The van der Waals surface area contributed by atoms with Gasteiger partial charge < -0.3 is 24.1 Å². The molecule has 12 nitrogen and oxygen atoms in total. The summed E-state index contributed by atoms with van der Waals surface area (Å²) in [5.74, 6) is -0.421. The molecule has 0 saturated carbocycles. The van der Waals surface area contributed by atoms with Crippen molar-refractivity contribution < 1.29 is 36.7 Å². The number of rotatable bonds is 8. The van der Waals surface area contributed by atoms with Crippen molar-refractivity contribution in [1.29, 1.82) is 0 Å². The van der Waals surface area contributed by atoms with E-state index in [1.54, 1.807) is 18.2 Å². The molecule has 3 aromatic rings. The fraction of sp³-hybridized carbons (Fsp3) is 0.407. The highest BCUT2D eigenvalue weighted by atomic mass is 32.2. The lowest BCUT2D eigenvalue weighted by atomic mass is 10.0. The van der Waals surface area contributed by atoms with Gasteiger partial charge in [0, 0.05) is 30.4 Å². The summed E-state index contributed by atoms with van der Waals surface area (Å²) >= 11 is 0. The smallest absolute Gasteiger partial charge is 0.415 e. The topological polar surface area (TPSA) is 148 Å². The standard InChI is InChI=1S/C27H30N4O8S/c1-16(2)12-19(29-27(34)39-23-13-17-6-4-8-22(37-3)25(17)38-23)26(33)30-11-9-20-24(30)21(32)15-31(20)40(35,36)18-7-5-10-28-14-18/h4-8,10,13-14,16,19-20,24H,9,11-12,15H2,1-3H3,(H,29,34). The molecule has 3 unspecified atom stereocenters. The lowest BCUT2D eigenvalue weighted by molar-refractivity contribution is -0.138. The second kappa shape index (κ2) is 10.9. The Labute approximate surface area is 231 Å². The SMILES string of the molecule is COc1cccc2cc(OC(=O)NC(CC(C)C)C(=O)N3CCC4C3C(=O)CN4S(=O)(=O)c3cccnc3)oc12. The number of carbonyl (C=O) groups excluding carboxylic acids is 3. The molecule has 5 rings (SSSR count). The predicted octanol–water partition coefficient (Wildman–Crippen LogP) is 2.58. The first-order chi connectivity index (χ1) is 19.1. The number of carbonyl (C=O) groups is 3. The fourth-order valence-electron chi connectivity index (χ4n) is 5.36. The highest BCUT2D eigenvalue weighted by Gasteiger charge is 2.54. The van der Waals surface area contributed by atoms with E-state index in [4.69, 9.17) is 13.9 Å². The van der Waals surface area contributed by atoms with Crippen LogP contribution in [0.3, 0.4) is 0 Å². The van der Waals surface area contributed by atoms with Crippen LogP contribution in [-0.4, -0.2) is 78.7 Å². The number of benzene rings is 1. The lowest BCUT2D eigenvalue weighted by Gasteiger charge is -2.28. The van der Waals surface area contributed by atoms with Crippen molar-refractivity contribution in [3.05, 3.63) is 48.8 Å². The highest BCUT2D eigenvalue weighted by Crippen LogP contribution is 2.35. The summed E-state index contributed by atoms with van der Waals surface area (Å²) in [5, 5.41) is 3.29. The van der Waals surface area contributed by atoms with E-state index < -0.39 is 40.1 Å². The van der Waals surface area contributed by atoms with Crippen LogP contribution in [0, 0.1) is 5.92 Å². The average molecular weight is 571 g/mol. The Hall–Kier alpha value is -3.97. The largest absolute Gasteiger partial charge is 0.493 e. The van der Waals surface area contributed by atoms with Crippen LogP contribution in [0.1, 0.15) is 26.7 Å². The molecule has 13 heteroatoms. The Kier molecular flexibility index (Phi) is 7.51. The van der Waals surface area contributed by atoms with Crippen LogP contribution in [-0.2, 0) is 19.6 Å². The van der Waals surface area contributed by atoms with E-state index >= 15 is 0 Å². The van der Waals surface area contributed by atoms with Gasteiger partial charge in [-0.2, -0.15) is 4.31 Å². The molecule has 3 atom stereocenters. The minimum atomic E-state index is -3.98. The second-order valence-corrected chi connectivity index (χ2v) is 12.1. The summed E-state index contributed by atoms with van der Waals surface area (Å²) in [6.07, 6.45) is 2.37. The number of nitrogens with zero attached hydrogens (tertiary/aromatic N) is 3. The summed E-state index contributed by atoms with van der Waals surface area (Å²) in [6.45, 7) is 3.63.